The highest BCUT2D eigenvalue weighted by Crippen LogP contribution is 2.41. The Morgan fingerprint density at radius 3 is 2.88 bits per heavy atom. The van der Waals surface area contributed by atoms with Gasteiger partial charge >= 0.3 is 5.97 Å². The summed E-state index contributed by atoms with van der Waals surface area (Å²) >= 11 is 7.93. The van der Waals surface area contributed by atoms with Crippen LogP contribution in [0.15, 0.2) is 36.4 Å². The van der Waals surface area contributed by atoms with E-state index in [1.165, 1.54) is 31.2 Å². The Morgan fingerprint density at radius 1 is 1.27 bits per heavy atom. The molecule has 0 unspecified atom stereocenters. The lowest BCUT2D eigenvalue weighted by atomic mass is 9.93. The number of esters is 1. The van der Waals surface area contributed by atoms with Crippen molar-refractivity contribution in [3.63, 3.8) is 0 Å². The third-order valence-electron chi connectivity index (χ3n) is 6.74. The summed E-state index contributed by atoms with van der Waals surface area (Å²) in [5.41, 5.74) is 3.66. The van der Waals surface area contributed by atoms with E-state index in [4.69, 9.17) is 21.1 Å². The van der Waals surface area contributed by atoms with Crippen LogP contribution in [0.2, 0.25) is 5.02 Å². The summed E-state index contributed by atoms with van der Waals surface area (Å²) in [6.45, 7) is 5.11. The number of benzene rings is 2. The summed E-state index contributed by atoms with van der Waals surface area (Å²) in [7, 11) is 1.44. The van der Waals surface area contributed by atoms with Gasteiger partial charge in [0, 0.05) is 51.2 Å². The van der Waals surface area contributed by atoms with Crippen molar-refractivity contribution < 1.29 is 14.3 Å². The molecule has 1 N–H and O–H groups in total. The van der Waals surface area contributed by atoms with Crippen molar-refractivity contribution in [1.82, 2.24) is 5.32 Å². The SMILES string of the molecule is COC(=O)c1cc(-c2c(C)sc3cc(Cl)ccc23)ccc1N1CCO[C@H](CNC2CCC2)C1. The van der Waals surface area contributed by atoms with Crippen LogP contribution < -0.4 is 10.2 Å². The zero-order valence-electron chi connectivity index (χ0n) is 19.0. The Labute approximate surface area is 203 Å². The summed E-state index contributed by atoms with van der Waals surface area (Å²) in [5.74, 6) is -0.317. The molecule has 7 heteroatoms. The quantitative estimate of drug-likeness (QED) is 0.457. The molecule has 0 bridgehead atoms. The van der Waals surface area contributed by atoms with Crippen molar-refractivity contribution in [3.05, 3.63) is 51.9 Å². The van der Waals surface area contributed by atoms with Crippen LogP contribution in [0.4, 0.5) is 5.69 Å². The van der Waals surface area contributed by atoms with Gasteiger partial charge in [0.25, 0.3) is 0 Å². The molecule has 2 aliphatic rings. The summed E-state index contributed by atoms with van der Waals surface area (Å²) in [6, 6.07) is 12.8. The van der Waals surface area contributed by atoms with Gasteiger partial charge in [-0.2, -0.15) is 0 Å². The molecule has 1 atom stereocenters. The van der Waals surface area contributed by atoms with Crippen LogP contribution in [0.25, 0.3) is 21.2 Å². The highest BCUT2D eigenvalue weighted by atomic mass is 35.5. The van der Waals surface area contributed by atoms with Gasteiger partial charge in [-0.1, -0.05) is 30.2 Å². The molecule has 3 aromatic rings. The van der Waals surface area contributed by atoms with Gasteiger partial charge in [0.05, 0.1) is 31.1 Å². The molecule has 0 radical (unpaired) electrons. The van der Waals surface area contributed by atoms with Crippen molar-refractivity contribution in [3.8, 4) is 11.1 Å². The molecule has 2 heterocycles. The number of carbonyl (C=O) groups excluding carboxylic acids is 1. The largest absolute Gasteiger partial charge is 0.465 e. The van der Waals surface area contributed by atoms with Gasteiger partial charge in [-0.25, -0.2) is 4.79 Å². The number of carbonyl (C=O) groups is 1. The molecular weight excluding hydrogens is 456 g/mol. The molecule has 174 valence electrons. The molecular formula is C26H29ClN2O3S. The van der Waals surface area contributed by atoms with Crippen molar-refractivity contribution >= 4 is 44.7 Å². The van der Waals surface area contributed by atoms with E-state index in [1.54, 1.807) is 11.3 Å². The molecule has 1 aliphatic heterocycles. The van der Waals surface area contributed by atoms with Crippen LogP contribution in [0.3, 0.4) is 0 Å². The molecule has 0 spiro atoms. The van der Waals surface area contributed by atoms with E-state index in [-0.39, 0.29) is 12.1 Å². The molecule has 2 aromatic carbocycles. The lowest BCUT2D eigenvalue weighted by molar-refractivity contribution is 0.0369. The van der Waals surface area contributed by atoms with E-state index < -0.39 is 0 Å². The monoisotopic (exact) mass is 484 g/mol. The maximum Gasteiger partial charge on any atom is 0.339 e. The predicted octanol–water partition coefficient (Wildman–Crippen LogP) is 5.66. The van der Waals surface area contributed by atoms with E-state index >= 15 is 0 Å². The van der Waals surface area contributed by atoms with Crippen LogP contribution in [0.1, 0.15) is 34.5 Å². The Hall–Kier alpha value is -2.12. The molecule has 1 saturated heterocycles. The Bertz CT molecular complexity index is 1170. The first kappa shape index (κ1) is 22.7. The average molecular weight is 485 g/mol. The minimum absolute atomic E-state index is 0.109. The van der Waals surface area contributed by atoms with Crippen LogP contribution >= 0.6 is 22.9 Å². The Morgan fingerprint density at radius 2 is 2.12 bits per heavy atom. The minimum Gasteiger partial charge on any atom is -0.465 e. The summed E-state index contributed by atoms with van der Waals surface area (Å²) < 4.78 is 12.3. The van der Waals surface area contributed by atoms with E-state index in [0.717, 1.165) is 51.6 Å². The van der Waals surface area contributed by atoms with Gasteiger partial charge in [0.1, 0.15) is 0 Å². The molecule has 1 aromatic heterocycles. The molecule has 1 saturated carbocycles. The normalized spacial score (nSPS) is 19.0. The topological polar surface area (TPSA) is 50.8 Å². The number of ether oxygens (including phenoxy) is 2. The van der Waals surface area contributed by atoms with E-state index in [0.29, 0.717) is 18.2 Å². The standard InChI is InChI=1S/C26H29ClN2O3S/c1-16-25(21-8-7-18(27)13-24(21)33-16)17-6-9-23(22(12-17)26(30)31-2)29-10-11-32-20(15-29)14-28-19-4-3-5-19/h6-9,12-13,19-20,28H,3-5,10-11,14-15H2,1-2H3/t20-/m1/s1. The van der Waals surface area contributed by atoms with Gasteiger partial charge in [0.2, 0.25) is 0 Å². The third kappa shape index (κ3) is 4.62. The number of hydrogen-bond donors (Lipinski definition) is 1. The first-order valence-electron chi connectivity index (χ1n) is 11.5. The van der Waals surface area contributed by atoms with Gasteiger partial charge in [0.15, 0.2) is 0 Å². The van der Waals surface area contributed by atoms with Gasteiger partial charge in [-0.05, 0) is 49.6 Å². The number of morpholine rings is 1. The molecule has 5 nitrogen and oxygen atoms in total. The number of fused-ring (bicyclic) bond motifs is 1. The number of methoxy groups -OCH3 is 1. The predicted molar refractivity (Wildman–Crippen MR) is 136 cm³/mol. The number of thiophene rings is 1. The third-order valence-corrected chi connectivity index (χ3v) is 8.04. The molecule has 33 heavy (non-hydrogen) atoms. The van der Waals surface area contributed by atoms with Crippen LogP contribution in [0.5, 0.6) is 0 Å². The van der Waals surface area contributed by atoms with E-state index in [1.807, 2.05) is 18.2 Å². The first-order valence-corrected chi connectivity index (χ1v) is 12.7. The van der Waals surface area contributed by atoms with Crippen molar-refractivity contribution in [1.29, 1.82) is 0 Å². The number of halogens is 1. The van der Waals surface area contributed by atoms with Crippen LogP contribution in [-0.2, 0) is 9.47 Å². The summed E-state index contributed by atoms with van der Waals surface area (Å²) in [4.78, 5) is 16.3. The van der Waals surface area contributed by atoms with Crippen molar-refractivity contribution in [2.24, 2.45) is 0 Å². The maximum absolute atomic E-state index is 12.8. The fourth-order valence-corrected chi connectivity index (χ4v) is 6.13. The molecule has 0 amide bonds. The Kier molecular flexibility index (Phi) is 6.61. The fourth-order valence-electron chi connectivity index (χ4n) is 4.76. The van der Waals surface area contributed by atoms with Crippen molar-refractivity contribution in [2.45, 2.75) is 38.3 Å². The molecule has 5 rings (SSSR count). The lowest BCUT2D eigenvalue weighted by Crippen LogP contribution is -2.49. The number of nitrogens with zero attached hydrogens (tertiary/aromatic N) is 1. The van der Waals surface area contributed by atoms with Gasteiger partial charge < -0.3 is 19.7 Å². The number of aryl methyl sites for hydroxylation is 1. The first-order chi connectivity index (χ1) is 16.0. The summed E-state index contributed by atoms with van der Waals surface area (Å²) in [6.07, 6.45) is 3.94. The fraction of sp³-hybridized carbons (Fsp3) is 0.423. The van der Waals surface area contributed by atoms with Crippen LogP contribution in [0, 0.1) is 6.92 Å². The second kappa shape index (κ2) is 9.63. The zero-order chi connectivity index (χ0) is 22.9. The highest BCUT2D eigenvalue weighted by Gasteiger charge is 2.27. The zero-order valence-corrected chi connectivity index (χ0v) is 20.6. The number of nitrogens with one attached hydrogen (secondary N) is 1. The average Bonchev–Trinajstić information content (AvgIpc) is 3.12. The van der Waals surface area contributed by atoms with Crippen LogP contribution in [-0.4, -0.2) is 51.5 Å². The summed E-state index contributed by atoms with van der Waals surface area (Å²) in [5, 5.41) is 5.50. The van der Waals surface area contributed by atoms with E-state index in [9.17, 15) is 4.79 Å². The van der Waals surface area contributed by atoms with E-state index in [2.05, 4.69) is 35.3 Å². The van der Waals surface area contributed by atoms with Gasteiger partial charge in [-0.15, -0.1) is 11.3 Å². The highest BCUT2D eigenvalue weighted by molar-refractivity contribution is 7.19. The minimum atomic E-state index is -0.317. The second-order valence-corrected chi connectivity index (χ2v) is 10.6. The van der Waals surface area contributed by atoms with Crippen molar-refractivity contribution in [2.75, 3.05) is 38.3 Å². The Balaban J connectivity index is 1.45. The number of rotatable bonds is 6. The maximum atomic E-state index is 12.8. The molecule has 1 aliphatic carbocycles. The number of anilines is 1. The second-order valence-electron chi connectivity index (χ2n) is 8.87. The molecule has 2 fully saturated rings. The number of hydrogen-bond acceptors (Lipinski definition) is 6. The van der Waals surface area contributed by atoms with Gasteiger partial charge in [-0.3, -0.25) is 0 Å². The smallest absolute Gasteiger partial charge is 0.339 e. The lowest BCUT2D eigenvalue weighted by Gasteiger charge is -2.37.